The van der Waals surface area contributed by atoms with Gasteiger partial charge in [-0.1, -0.05) is 30.7 Å². The molecule has 1 aromatic carbocycles. The number of halogens is 1. The Morgan fingerprint density at radius 3 is 2.78 bits per heavy atom. The average molecular weight is 264 g/mol. The fraction of sp³-hybridized carbons (Fsp3) is 0.357. The summed E-state index contributed by atoms with van der Waals surface area (Å²) >= 11 is 6.07. The molecule has 1 heterocycles. The van der Waals surface area contributed by atoms with Gasteiger partial charge in [0, 0.05) is 23.8 Å². The Kier molecular flexibility index (Phi) is 4.04. The van der Waals surface area contributed by atoms with Crippen LogP contribution >= 0.6 is 11.6 Å². The maximum absolute atomic E-state index is 6.07. The van der Waals surface area contributed by atoms with Gasteiger partial charge in [-0.3, -0.25) is 4.68 Å². The summed E-state index contributed by atoms with van der Waals surface area (Å²) < 4.78 is 1.85. The molecule has 1 unspecified atom stereocenters. The zero-order valence-electron chi connectivity index (χ0n) is 10.9. The van der Waals surface area contributed by atoms with Crippen molar-refractivity contribution in [2.24, 2.45) is 7.05 Å². The summed E-state index contributed by atoms with van der Waals surface area (Å²) in [7, 11) is 1.94. The van der Waals surface area contributed by atoms with E-state index in [0.29, 0.717) is 0 Å². The molecule has 0 radical (unpaired) electrons. The van der Waals surface area contributed by atoms with Gasteiger partial charge in [0.15, 0.2) is 0 Å². The highest BCUT2D eigenvalue weighted by Gasteiger charge is 2.17. The summed E-state index contributed by atoms with van der Waals surface area (Å²) in [6.45, 7) is 5.03. The van der Waals surface area contributed by atoms with Gasteiger partial charge < -0.3 is 5.32 Å². The van der Waals surface area contributed by atoms with Gasteiger partial charge in [0.2, 0.25) is 0 Å². The zero-order valence-corrected chi connectivity index (χ0v) is 11.7. The van der Waals surface area contributed by atoms with Crippen molar-refractivity contribution in [2.45, 2.75) is 19.9 Å². The molecule has 0 aliphatic heterocycles. The van der Waals surface area contributed by atoms with Crippen molar-refractivity contribution < 1.29 is 0 Å². The molecule has 0 saturated heterocycles. The molecule has 0 bridgehead atoms. The van der Waals surface area contributed by atoms with Crippen LogP contribution in [0, 0.1) is 6.92 Å². The second-order valence-corrected chi connectivity index (χ2v) is 4.83. The Labute approximate surface area is 113 Å². The van der Waals surface area contributed by atoms with Gasteiger partial charge in [-0.15, -0.1) is 0 Å². The Balaban J connectivity index is 2.42. The third kappa shape index (κ3) is 2.74. The maximum atomic E-state index is 6.07. The van der Waals surface area contributed by atoms with E-state index in [-0.39, 0.29) is 6.04 Å². The van der Waals surface area contributed by atoms with E-state index < -0.39 is 0 Å². The Morgan fingerprint density at radius 2 is 2.22 bits per heavy atom. The highest BCUT2D eigenvalue weighted by molar-refractivity contribution is 6.30. The first-order chi connectivity index (χ1) is 8.61. The van der Waals surface area contributed by atoms with E-state index in [1.165, 1.54) is 11.1 Å². The molecule has 0 spiro atoms. The second-order valence-electron chi connectivity index (χ2n) is 4.39. The Morgan fingerprint density at radius 1 is 1.44 bits per heavy atom. The minimum atomic E-state index is 0.141. The van der Waals surface area contributed by atoms with Crippen LogP contribution in [0.15, 0.2) is 30.5 Å². The van der Waals surface area contributed by atoms with Crippen LogP contribution in [-0.2, 0) is 7.05 Å². The van der Waals surface area contributed by atoms with Crippen LogP contribution in [0.25, 0.3) is 0 Å². The lowest BCUT2D eigenvalue weighted by Gasteiger charge is -2.18. The smallest absolute Gasteiger partial charge is 0.0644 e. The van der Waals surface area contributed by atoms with Gasteiger partial charge in [0.05, 0.1) is 11.7 Å². The summed E-state index contributed by atoms with van der Waals surface area (Å²) in [5.41, 5.74) is 3.41. The lowest BCUT2D eigenvalue weighted by molar-refractivity contribution is 0.627. The van der Waals surface area contributed by atoms with Gasteiger partial charge in [-0.05, 0) is 31.2 Å². The number of aromatic nitrogens is 2. The molecule has 0 saturated carbocycles. The molecule has 4 heteroatoms. The topological polar surface area (TPSA) is 29.9 Å². The molecule has 3 nitrogen and oxygen atoms in total. The lowest BCUT2D eigenvalue weighted by Crippen LogP contribution is -2.22. The second kappa shape index (κ2) is 5.55. The molecule has 1 aromatic heterocycles. The van der Waals surface area contributed by atoms with Crippen LogP contribution in [-0.4, -0.2) is 16.3 Å². The molecular weight excluding hydrogens is 246 g/mol. The van der Waals surface area contributed by atoms with Crippen LogP contribution in [0.4, 0.5) is 0 Å². The molecule has 0 aliphatic carbocycles. The first-order valence-electron chi connectivity index (χ1n) is 6.10. The number of rotatable bonds is 4. The molecule has 0 amide bonds. The largest absolute Gasteiger partial charge is 0.306 e. The molecule has 1 N–H and O–H groups in total. The standard InChI is InChI=1S/C14H18ClN3/c1-4-16-14(11-6-5-7-12(15)8-11)13-9-18(3)17-10(13)2/h5-9,14,16H,4H2,1-3H3. The quantitative estimate of drug-likeness (QED) is 0.919. The summed E-state index contributed by atoms with van der Waals surface area (Å²) in [6, 6.07) is 8.10. The first kappa shape index (κ1) is 13.1. The summed E-state index contributed by atoms with van der Waals surface area (Å²) in [5, 5.41) is 8.65. The van der Waals surface area contributed by atoms with Crippen molar-refractivity contribution in [1.29, 1.82) is 0 Å². The van der Waals surface area contributed by atoms with Crippen molar-refractivity contribution in [2.75, 3.05) is 6.54 Å². The number of nitrogens with zero attached hydrogens (tertiary/aromatic N) is 2. The predicted octanol–water partition coefficient (Wildman–Crippen LogP) is 3.08. The van der Waals surface area contributed by atoms with Gasteiger partial charge >= 0.3 is 0 Å². The third-order valence-electron chi connectivity index (χ3n) is 2.95. The molecule has 0 aliphatic rings. The van der Waals surface area contributed by atoms with Crippen molar-refractivity contribution >= 4 is 11.6 Å². The molecule has 2 aromatic rings. The summed E-state index contributed by atoms with van der Waals surface area (Å²) in [4.78, 5) is 0. The molecule has 1 atom stereocenters. The van der Waals surface area contributed by atoms with Gasteiger partial charge in [0.1, 0.15) is 0 Å². The molecular formula is C14H18ClN3. The van der Waals surface area contributed by atoms with Crippen molar-refractivity contribution in [3.63, 3.8) is 0 Å². The van der Waals surface area contributed by atoms with E-state index >= 15 is 0 Å². The number of hydrogen-bond donors (Lipinski definition) is 1. The number of aryl methyl sites for hydroxylation is 2. The maximum Gasteiger partial charge on any atom is 0.0644 e. The van der Waals surface area contributed by atoms with E-state index in [2.05, 4.69) is 29.6 Å². The molecule has 96 valence electrons. The van der Waals surface area contributed by atoms with Crippen LogP contribution in [0.3, 0.4) is 0 Å². The van der Waals surface area contributed by atoms with Crippen LogP contribution in [0.1, 0.15) is 29.8 Å². The highest BCUT2D eigenvalue weighted by Crippen LogP contribution is 2.26. The summed E-state index contributed by atoms with van der Waals surface area (Å²) in [6.07, 6.45) is 2.06. The third-order valence-corrected chi connectivity index (χ3v) is 3.19. The first-order valence-corrected chi connectivity index (χ1v) is 6.48. The van der Waals surface area contributed by atoms with E-state index in [1.807, 2.05) is 36.9 Å². The van der Waals surface area contributed by atoms with Crippen molar-refractivity contribution in [3.05, 3.63) is 52.3 Å². The van der Waals surface area contributed by atoms with Crippen LogP contribution < -0.4 is 5.32 Å². The van der Waals surface area contributed by atoms with Gasteiger partial charge in [0.25, 0.3) is 0 Å². The van der Waals surface area contributed by atoms with E-state index in [0.717, 1.165) is 17.3 Å². The molecule has 2 rings (SSSR count). The fourth-order valence-corrected chi connectivity index (χ4v) is 2.40. The van der Waals surface area contributed by atoms with Gasteiger partial charge in [-0.2, -0.15) is 5.10 Å². The summed E-state index contributed by atoms with van der Waals surface area (Å²) in [5.74, 6) is 0. The van der Waals surface area contributed by atoms with Crippen LogP contribution in [0.2, 0.25) is 5.02 Å². The van der Waals surface area contributed by atoms with Crippen molar-refractivity contribution in [1.82, 2.24) is 15.1 Å². The Hall–Kier alpha value is -1.32. The Bertz CT molecular complexity index is 534. The molecule has 0 fully saturated rings. The number of benzene rings is 1. The molecule has 18 heavy (non-hydrogen) atoms. The van der Waals surface area contributed by atoms with Crippen molar-refractivity contribution in [3.8, 4) is 0 Å². The number of hydrogen-bond acceptors (Lipinski definition) is 2. The van der Waals surface area contributed by atoms with E-state index in [4.69, 9.17) is 11.6 Å². The van der Waals surface area contributed by atoms with E-state index in [9.17, 15) is 0 Å². The minimum Gasteiger partial charge on any atom is -0.306 e. The van der Waals surface area contributed by atoms with Gasteiger partial charge in [-0.25, -0.2) is 0 Å². The lowest BCUT2D eigenvalue weighted by atomic mass is 9.99. The average Bonchev–Trinajstić information content (AvgIpc) is 2.65. The number of nitrogens with one attached hydrogen (secondary N) is 1. The fourth-order valence-electron chi connectivity index (χ4n) is 2.20. The van der Waals surface area contributed by atoms with E-state index in [1.54, 1.807) is 0 Å². The minimum absolute atomic E-state index is 0.141. The SMILES string of the molecule is CCNC(c1cccc(Cl)c1)c1cn(C)nc1C. The monoisotopic (exact) mass is 263 g/mol. The zero-order chi connectivity index (χ0) is 13.1. The highest BCUT2D eigenvalue weighted by atomic mass is 35.5. The predicted molar refractivity (Wildman–Crippen MR) is 74.9 cm³/mol. The van der Waals surface area contributed by atoms with Crippen LogP contribution in [0.5, 0.6) is 0 Å². The normalized spacial score (nSPS) is 12.7.